The van der Waals surface area contributed by atoms with Gasteiger partial charge in [0, 0.05) is 36.3 Å². The van der Waals surface area contributed by atoms with Gasteiger partial charge in [-0.15, -0.1) is 0 Å². The second kappa shape index (κ2) is 9.44. The molecule has 1 unspecified atom stereocenters. The van der Waals surface area contributed by atoms with Crippen LogP contribution in [0.1, 0.15) is 115 Å². The van der Waals surface area contributed by atoms with E-state index in [0.717, 1.165) is 85.0 Å². The van der Waals surface area contributed by atoms with Crippen molar-refractivity contribution in [1.82, 2.24) is 10.1 Å². The van der Waals surface area contributed by atoms with E-state index in [0.29, 0.717) is 22.7 Å². The standard InChI is InChI=1S/C31H35N3O6S/c1-38-22-12-18(28(35)36)13-23-25(22)32-30(41-23)34-19-4-5-20(34)15-21(14-19)39-29(37)24-26(17-2-3-17)40-33-27(24)31-9-6-16(7-10-31)8-11-31/h12-13,16-17,19-21H,2-11,14-15H2,1H3,(H,35,36)/t16?,19-,20+,21?,31?. The van der Waals surface area contributed by atoms with Crippen molar-refractivity contribution in [2.75, 3.05) is 12.0 Å². The van der Waals surface area contributed by atoms with Gasteiger partial charge >= 0.3 is 11.9 Å². The zero-order chi connectivity index (χ0) is 27.9. The molecule has 2 aliphatic heterocycles. The second-order valence-electron chi connectivity index (χ2n) is 12.9. The largest absolute Gasteiger partial charge is 0.494 e. The number of carboxylic acids is 1. The van der Waals surface area contributed by atoms with Crippen LogP contribution in [0.2, 0.25) is 0 Å². The number of carbonyl (C=O) groups is 2. The lowest BCUT2D eigenvalue weighted by atomic mass is 9.59. The fourth-order valence-corrected chi connectivity index (χ4v) is 9.38. The van der Waals surface area contributed by atoms with Gasteiger partial charge in [-0.05, 0) is 82.3 Å². The Balaban J connectivity index is 1.04. The molecule has 4 bridgehead atoms. The zero-order valence-corrected chi connectivity index (χ0v) is 24.1. The van der Waals surface area contributed by atoms with E-state index < -0.39 is 5.97 Å². The quantitative estimate of drug-likeness (QED) is 0.316. The first-order valence-corrected chi connectivity index (χ1v) is 16.0. The van der Waals surface area contributed by atoms with E-state index in [2.05, 4.69) is 10.1 Å². The summed E-state index contributed by atoms with van der Waals surface area (Å²) in [5.74, 6) is 1.13. The number of hydrogen-bond acceptors (Lipinski definition) is 9. The Labute approximate surface area is 242 Å². The molecule has 9 rings (SSSR count). The van der Waals surface area contributed by atoms with Crippen LogP contribution in [0.4, 0.5) is 5.13 Å². The smallest absolute Gasteiger partial charge is 0.344 e. The van der Waals surface area contributed by atoms with Crippen molar-refractivity contribution in [3.63, 3.8) is 0 Å². The first-order valence-electron chi connectivity index (χ1n) is 15.1. The maximum absolute atomic E-state index is 13.9. The maximum Gasteiger partial charge on any atom is 0.344 e. The van der Waals surface area contributed by atoms with Crippen LogP contribution in [-0.2, 0) is 10.2 Å². The average molecular weight is 578 g/mol. The number of anilines is 1. The van der Waals surface area contributed by atoms with Crippen molar-refractivity contribution in [1.29, 1.82) is 0 Å². The highest BCUT2D eigenvalue weighted by molar-refractivity contribution is 7.22. The average Bonchev–Trinajstić information content (AvgIpc) is 3.47. The van der Waals surface area contributed by atoms with Crippen LogP contribution < -0.4 is 9.64 Å². The van der Waals surface area contributed by atoms with Gasteiger partial charge in [0.1, 0.15) is 28.6 Å². The van der Waals surface area contributed by atoms with E-state index in [1.54, 1.807) is 6.07 Å². The lowest BCUT2D eigenvalue weighted by molar-refractivity contribution is 0.0195. The third kappa shape index (κ3) is 4.15. The monoisotopic (exact) mass is 577 g/mol. The number of nitrogens with zero attached hydrogens (tertiary/aromatic N) is 3. The molecular weight excluding hydrogens is 542 g/mol. The lowest BCUT2D eigenvalue weighted by Gasteiger charge is -2.45. The fraction of sp³-hybridized carbons (Fsp3) is 0.613. The van der Waals surface area contributed by atoms with E-state index in [9.17, 15) is 14.7 Å². The van der Waals surface area contributed by atoms with Gasteiger partial charge < -0.3 is 24.0 Å². The summed E-state index contributed by atoms with van der Waals surface area (Å²) in [7, 11) is 1.54. The van der Waals surface area contributed by atoms with Crippen LogP contribution in [0, 0.1) is 5.92 Å². The molecule has 216 valence electrons. The number of aromatic carboxylic acids is 1. The highest BCUT2D eigenvalue weighted by Gasteiger charge is 2.49. The Hall–Kier alpha value is -3.14. The van der Waals surface area contributed by atoms with Gasteiger partial charge in [0.25, 0.3) is 0 Å². The number of carboxylic acid groups (broad SMARTS) is 1. The summed E-state index contributed by atoms with van der Waals surface area (Å²) in [6.45, 7) is 0. The normalized spacial score (nSPS) is 30.6. The summed E-state index contributed by atoms with van der Waals surface area (Å²) in [6, 6.07) is 3.63. The summed E-state index contributed by atoms with van der Waals surface area (Å²) in [6.07, 6.45) is 12.4. The predicted molar refractivity (Wildman–Crippen MR) is 152 cm³/mol. The molecule has 6 fully saturated rings. The molecule has 4 heterocycles. The summed E-state index contributed by atoms with van der Waals surface area (Å²) in [5.41, 5.74) is 2.38. The minimum absolute atomic E-state index is 0.0312. The summed E-state index contributed by atoms with van der Waals surface area (Å²) in [5, 5.41) is 15.0. The summed E-state index contributed by atoms with van der Waals surface area (Å²) < 4.78 is 18.5. The third-order valence-corrected chi connectivity index (χ3v) is 11.6. The molecule has 1 N–H and O–H groups in total. The molecule has 4 saturated carbocycles. The van der Waals surface area contributed by atoms with Crippen LogP contribution >= 0.6 is 11.3 Å². The second-order valence-corrected chi connectivity index (χ2v) is 13.9. The van der Waals surface area contributed by atoms with Crippen molar-refractivity contribution >= 4 is 38.6 Å². The van der Waals surface area contributed by atoms with Gasteiger partial charge in [-0.2, -0.15) is 0 Å². The highest BCUT2D eigenvalue weighted by atomic mass is 32.1. The van der Waals surface area contributed by atoms with Gasteiger partial charge in [0.15, 0.2) is 10.9 Å². The van der Waals surface area contributed by atoms with Gasteiger partial charge in [-0.1, -0.05) is 16.5 Å². The van der Waals surface area contributed by atoms with Crippen molar-refractivity contribution in [2.24, 2.45) is 5.92 Å². The first-order chi connectivity index (χ1) is 19.9. The number of methoxy groups -OCH3 is 1. The molecule has 0 spiro atoms. The third-order valence-electron chi connectivity index (χ3n) is 10.6. The van der Waals surface area contributed by atoms with Gasteiger partial charge in [0.2, 0.25) is 0 Å². The molecule has 3 atom stereocenters. The van der Waals surface area contributed by atoms with Crippen molar-refractivity contribution in [3.05, 3.63) is 34.7 Å². The Morgan fingerprint density at radius 1 is 1.05 bits per heavy atom. The molecule has 3 aromatic rings. The molecule has 0 amide bonds. The van der Waals surface area contributed by atoms with Crippen molar-refractivity contribution in [2.45, 2.75) is 107 Å². The van der Waals surface area contributed by atoms with Gasteiger partial charge in [-0.25, -0.2) is 14.6 Å². The van der Waals surface area contributed by atoms with Crippen LogP contribution in [0.15, 0.2) is 16.7 Å². The van der Waals surface area contributed by atoms with E-state index >= 15 is 0 Å². The Morgan fingerprint density at radius 2 is 1.76 bits per heavy atom. The molecule has 41 heavy (non-hydrogen) atoms. The number of hydrogen-bond donors (Lipinski definition) is 1. The lowest BCUT2D eigenvalue weighted by Crippen LogP contribution is -2.46. The predicted octanol–water partition coefficient (Wildman–Crippen LogP) is 6.45. The highest BCUT2D eigenvalue weighted by Crippen LogP contribution is 2.54. The minimum Gasteiger partial charge on any atom is -0.494 e. The van der Waals surface area contributed by atoms with Crippen LogP contribution in [0.5, 0.6) is 5.75 Å². The number of thiazole rings is 1. The number of aromatic nitrogens is 2. The number of esters is 1. The molecule has 10 heteroatoms. The number of fused-ring (bicyclic) bond motifs is 6. The Kier molecular flexibility index (Phi) is 5.89. The summed E-state index contributed by atoms with van der Waals surface area (Å²) >= 11 is 1.50. The van der Waals surface area contributed by atoms with Crippen molar-refractivity contribution < 1.29 is 28.7 Å². The van der Waals surface area contributed by atoms with Crippen molar-refractivity contribution in [3.8, 4) is 5.75 Å². The van der Waals surface area contributed by atoms with Crippen LogP contribution in [-0.4, -0.2) is 52.5 Å². The minimum atomic E-state index is -0.987. The van der Waals surface area contributed by atoms with E-state index in [4.69, 9.17) is 19.0 Å². The molecule has 9 nitrogen and oxygen atoms in total. The van der Waals surface area contributed by atoms with Crippen LogP contribution in [0.25, 0.3) is 10.2 Å². The molecule has 2 saturated heterocycles. The Morgan fingerprint density at radius 3 is 2.39 bits per heavy atom. The number of ether oxygens (including phenoxy) is 2. The molecule has 4 aliphatic carbocycles. The topological polar surface area (TPSA) is 115 Å². The van der Waals surface area contributed by atoms with E-state index in [-0.39, 0.29) is 35.1 Å². The van der Waals surface area contributed by atoms with E-state index in [1.165, 1.54) is 43.8 Å². The van der Waals surface area contributed by atoms with E-state index in [1.807, 2.05) is 0 Å². The number of piperidine rings is 1. The number of benzene rings is 1. The number of carbonyl (C=O) groups excluding carboxylic acids is 1. The summed E-state index contributed by atoms with van der Waals surface area (Å²) in [4.78, 5) is 32.8. The zero-order valence-electron chi connectivity index (χ0n) is 23.3. The molecule has 2 aromatic heterocycles. The number of rotatable bonds is 7. The van der Waals surface area contributed by atoms with Gasteiger partial charge in [-0.3, -0.25) is 0 Å². The molecule has 1 aromatic carbocycles. The maximum atomic E-state index is 13.9. The SMILES string of the molecule is COc1cc(C(=O)O)cc2sc(N3[C@@H]4CC[C@H]3CC(OC(=O)c3c(C56CCC(CC5)CC6)noc3C3CC3)C4)nc12. The van der Waals surface area contributed by atoms with Crippen LogP contribution in [0.3, 0.4) is 0 Å². The fourth-order valence-electron chi connectivity index (χ4n) is 8.21. The van der Waals surface area contributed by atoms with Gasteiger partial charge in [0.05, 0.1) is 17.4 Å². The molecule has 6 aliphatic rings. The molecular formula is C31H35N3O6S. The molecule has 0 radical (unpaired) electrons. The Bertz CT molecular complexity index is 1510. The first kappa shape index (κ1) is 25.6.